The number of carbonyl (C=O) groups is 1. The molecule has 3 N–H and O–H groups in total. The lowest BCUT2D eigenvalue weighted by molar-refractivity contribution is 0.0955. The fourth-order valence-electron chi connectivity index (χ4n) is 3.78. The molecule has 1 amide bonds. The van der Waals surface area contributed by atoms with Crippen molar-refractivity contribution < 1.29 is 4.79 Å². The highest BCUT2D eigenvalue weighted by Crippen LogP contribution is 2.31. The molecule has 31 heavy (non-hydrogen) atoms. The molecule has 0 aliphatic heterocycles. The molecule has 0 radical (unpaired) electrons. The minimum absolute atomic E-state index is 0.212. The normalized spacial score (nSPS) is 11.3. The monoisotopic (exact) mass is 479 g/mol. The van der Waals surface area contributed by atoms with Crippen LogP contribution in [0.2, 0.25) is 0 Å². The third-order valence-corrected chi connectivity index (χ3v) is 5.85. The highest BCUT2D eigenvalue weighted by atomic mass is 79.9. The van der Waals surface area contributed by atoms with Crippen LogP contribution in [0.1, 0.15) is 49.4 Å². The second kappa shape index (κ2) is 9.47. The summed E-state index contributed by atoms with van der Waals surface area (Å²) in [6.45, 7) is 2.81. The van der Waals surface area contributed by atoms with Gasteiger partial charge in [-0.3, -0.25) is 9.36 Å². The van der Waals surface area contributed by atoms with Crippen molar-refractivity contribution in [3.8, 4) is 5.69 Å². The summed E-state index contributed by atoms with van der Waals surface area (Å²) in [6, 6.07) is 15.4. The van der Waals surface area contributed by atoms with Crippen molar-refractivity contribution in [2.24, 2.45) is 0 Å². The number of fused-ring (bicyclic) bond motifs is 2. The maximum atomic E-state index is 13.1. The van der Waals surface area contributed by atoms with Gasteiger partial charge in [0.1, 0.15) is 16.9 Å². The van der Waals surface area contributed by atoms with Crippen molar-refractivity contribution in [3.63, 3.8) is 0 Å². The zero-order chi connectivity index (χ0) is 21.8. The topological polar surface area (TPSA) is 85.8 Å². The highest BCUT2D eigenvalue weighted by molar-refractivity contribution is 9.10. The first kappa shape index (κ1) is 21.3. The van der Waals surface area contributed by atoms with Crippen molar-refractivity contribution in [1.29, 1.82) is 0 Å². The summed E-state index contributed by atoms with van der Waals surface area (Å²) in [4.78, 5) is 22.7. The lowest BCUT2D eigenvalue weighted by Gasteiger charge is -2.09. The average molecular weight is 480 g/mol. The van der Waals surface area contributed by atoms with Gasteiger partial charge in [-0.05, 0) is 36.8 Å². The number of aromatic nitrogens is 3. The molecule has 0 aliphatic carbocycles. The molecule has 0 saturated heterocycles. The molecule has 160 valence electrons. The number of amides is 1. The highest BCUT2D eigenvalue weighted by Gasteiger charge is 2.24. The summed E-state index contributed by atoms with van der Waals surface area (Å²) in [6.07, 6.45) is 5.67. The van der Waals surface area contributed by atoms with Crippen LogP contribution in [0.25, 0.3) is 27.9 Å². The first-order valence-corrected chi connectivity index (χ1v) is 11.5. The van der Waals surface area contributed by atoms with E-state index < -0.39 is 0 Å². The molecule has 0 spiro atoms. The van der Waals surface area contributed by atoms with Crippen LogP contribution in [-0.4, -0.2) is 27.0 Å². The van der Waals surface area contributed by atoms with Crippen molar-refractivity contribution in [3.05, 3.63) is 58.6 Å². The van der Waals surface area contributed by atoms with Gasteiger partial charge in [0.15, 0.2) is 5.65 Å². The molecule has 2 aromatic heterocycles. The quantitative estimate of drug-likeness (QED) is 0.321. The van der Waals surface area contributed by atoms with Gasteiger partial charge in [-0.2, -0.15) is 0 Å². The third kappa shape index (κ3) is 4.42. The molecule has 0 fully saturated rings. The molecule has 0 saturated carbocycles. The predicted octanol–water partition coefficient (Wildman–Crippen LogP) is 5.62. The fraction of sp³-hybridized carbons (Fsp3) is 0.292. The molecule has 2 heterocycles. The van der Waals surface area contributed by atoms with E-state index in [0.717, 1.165) is 34.0 Å². The Morgan fingerprint density at radius 2 is 1.77 bits per heavy atom. The van der Waals surface area contributed by atoms with Crippen molar-refractivity contribution >= 4 is 49.9 Å². The summed E-state index contributed by atoms with van der Waals surface area (Å²) >= 11 is 3.51. The second-order valence-electron chi connectivity index (χ2n) is 7.63. The molecule has 0 aliphatic rings. The molecule has 4 rings (SSSR count). The SMILES string of the molecule is CCCCCCCNC(=O)c1c(N)n(-c2cccc(Br)c2)c2nc3ccccc3nc12. The standard InChI is InChI=1S/C24H26BrN5O/c1-2-3-4-5-8-14-27-24(31)20-21-23(29-19-13-7-6-12-18(19)28-21)30(22(20)26)17-11-9-10-16(25)15-17/h6-7,9-13,15H,2-5,8,14,26H2,1H3,(H,27,31). The Bertz CT molecular complexity index is 1230. The summed E-state index contributed by atoms with van der Waals surface area (Å²) in [5, 5.41) is 3.02. The molecule has 0 atom stereocenters. The lowest BCUT2D eigenvalue weighted by atomic mass is 10.1. The van der Waals surface area contributed by atoms with Gasteiger partial charge in [-0.15, -0.1) is 0 Å². The van der Waals surface area contributed by atoms with Gasteiger partial charge in [0.2, 0.25) is 0 Å². The Labute approximate surface area is 190 Å². The summed E-state index contributed by atoms with van der Waals surface area (Å²) in [5.74, 6) is 0.128. The van der Waals surface area contributed by atoms with E-state index in [1.807, 2.05) is 48.5 Å². The summed E-state index contributed by atoms with van der Waals surface area (Å²) in [5.41, 5.74) is 10.3. The first-order valence-electron chi connectivity index (χ1n) is 10.7. The van der Waals surface area contributed by atoms with Gasteiger partial charge in [0.25, 0.3) is 5.91 Å². The van der Waals surface area contributed by atoms with Crippen LogP contribution in [0.15, 0.2) is 53.0 Å². The van der Waals surface area contributed by atoms with Crippen LogP contribution < -0.4 is 11.1 Å². The molecular formula is C24H26BrN5O. The Morgan fingerprint density at radius 3 is 2.52 bits per heavy atom. The molecule has 2 aromatic carbocycles. The van der Waals surface area contributed by atoms with E-state index in [4.69, 9.17) is 15.7 Å². The van der Waals surface area contributed by atoms with Gasteiger partial charge in [-0.25, -0.2) is 9.97 Å². The molecular weight excluding hydrogens is 454 g/mol. The minimum Gasteiger partial charge on any atom is -0.384 e. The van der Waals surface area contributed by atoms with E-state index in [1.54, 1.807) is 4.57 Å². The molecule has 0 unspecified atom stereocenters. The zero-order valence-electron chi connectivity index (χ0n) is 17.6. The number of unbranched alkanes of at least 4 members (excludes halogenated alkanes) is 4. The maximum absolute atomic E-state index is 13.1. The fourth-order valence-corrected chi connectivity index (χ4v) is 4.17. The average Bonchev–Trinajstić information content (AvgIpc) is 3.05. The number of nitrogens with two attached hydrogens (primary N) is 1. The van der Waals surface area contributed by atoms with Gasteiger partial charge in [0.05, 0.1) is 16.7 Å². The smallest absolute Gasteiger partial charge is 0.257 e. The van der Waals surface area contributed by atoms with E-state index in [0.29, 0.717) is 29.1 Å². The Kier molecular flexibility index (Phi) is 6.51. The predicted molar refractivity (Wildman–Crippen MR) is 130 cm³/mol. The van der Waals surface area contributed by atoms with E-state index in [1.165, 1.54) is 19.3 Å². The van der Waals surface area contributed by atoms with E-state index >= 15 is 0 Å². The first-order chi connectivity index (χ1) is 15.1. The molecule has 7 heteroatoms. The number of nitrogens with one attached hydrogen (secondary N) is 1. The van der Waals surface area contributed by atoms with Gasteiger partial charge in [-0.1, -0.05) is 66.7 Å². The Hall–Kier alpha value is -2.93. The van der Waals surface area contributed by atoms with Crippen molar-refractivity contribution in [1.82, 2.24) is 19.9 Å². The molecule has 6 nitrogen and oxygen atoms in total. The lowest BCUT2D eigenvalue weighted by Crippen LogP contribution is -2.25. The number of para-hydroxylation sites is 2. The summed E-state index contributed by atoms with van der Waals surface area (Å²) in [7, 11) is 0. The van der Waals surface area contributed by atoms with Gasteiger partial charge in [0, 0.05) is 11.0 Å². The maximum Gasteiger partial charge on any atom is 0.257 e. The van der Waals surface area contributed by atoms with Gasteiger partial charge < -0.3 is 11.1 Å². The number of hydrogen-bond acceptors (Lipinski definition) is 4. The largest absolute Gasteiger partial charge is 0.384 e. The van der Waals surface area contributed by atoms with E-state index in [2.05, 4.69) is 28.2 Å². The van der Waals surface area contributed by atoms with Crippen molar-refractivity contribution in [2.75, 3.05) is 12.3 Å². The Balaban J connectivity index is 1.76. The number of benzene rings is 2. The van der Waals surface area contributed by atoms with Crippen LogP contribution in [0, 0.1) is 0 Å². The number of nitrogens with zero attached hydrogens (tertiary/aromatic N) is 3. The number of anilines is 1. The minimum atomic E-state index is -0.212. The zero-order valence-corrected chi connectivity index (χ0v) is 19.2. The number of halogens is 1. The Morgan fingerprint density at radius 1 is 1.03 bits per heavy atom. The van der Waals surface area contributed by atoms with Crippen LogP contribution in [0.5, 0.6) is 0 Å². The number of hydrogen-bond donors (Lipinski definition) is 2. The van der Waals surface area contributed by atoms with Crippen LogP contribution >= 0.6 is 15.9 Å². The van der Waals surface area contributed by atoms with E-state index in [9.17, 15) is 4.79 Å². The number of nitrogen functional groups attached to an aromatic ring is 1. The summed E-state index contributed by atoms with van der Waals surface area (Å²) < 4.78 is 2.72. The van der Waals surface area contributed by atoms with Crippen LogP contribution in [0.4, 0.5) is 5.82 Å². The third-order valence-electron chi connectivity index (χ3n) is 5.36. The number of carbonyl (C=O) groups excluding carboxylic acids is 1. The van der Waals surface area contributed by atoms with Gasteiger partial charge >= 0.3 is 0 Å². The van der Waals surface area contributed by atoms with Crippen LogP contribution in [-0.2, 0) is 0 Å². The molecule has 4 aromatic rings. The van der Waals surface area contributed by atoms with Crippen molar-refractivity contribution in [2.45, 2.75) is 39.0 Å². The van der Waals surface area contributed by atoms with Crippen LogP contribution in [0.3, 0.4) is 0 Å². The number of rotatable bonds is 8. The van der Waals surface area contributed by atoms with E-state index in [-0.39, 0.29) is 5.91 Å². The molecule has 0 bridgehead atoms. The second-order valence-corrected chi connectivity index (χ2v) is 8.55.